The molecule has 0 saturated carbocycles. The summed E-state index contributed by atoms with van der Waals surface area (Å²) < 4.78 is 0. The lowest BCUT2D eigenvalue weighted by molar-refractivity contribution is 0.740. The van der Waals surface area contributed by atoms with Crippen LogP contribution in [0.15, 0.2) is 18.3 Å². The molecule has 0 aliphatic carbocycles. The standard InChI is InChI=1S/C11H19N3/c1-9(2)14(4)11-6-5-10(7-12-3)8-13-11/h5-6,8-9,12H,7H2,1-4H3. The van der Waals surface area contributed by atoms with E-state index in [0.717, 1.165) is 12.4 Å². The molecular weight excluding hydrogens is 174 g/mol. The second-order valence-electron chi connectivity index (χ2n) is 3.76. The van der Waals surface area contributed by atoms with Gasteiger partial charge in [0.25, 0.3) is 0 Å². The van der Waals surface area contributed by atoms with E-state index >= 15 is 0 Å². The highest BCUT2D eigenvalue weighted by molar-refractivity contribution is 5.39. The monoisotopic (exact) mass is 193 g/mol. The van der Waals surface area contributed by atoms with Crippen molar-refractivity contribution in [3.63, 3.8) is 0 Å². The van der Waals surface area contributed by atoms with E-state index in [9.17, 15) is 0 Å². The van der Waals surface area contributed by atoms with Crippen LogP contribution in [0.1, 0.15) is 19.4 Å². The zero-order valence-electron chi connectivity index (χ0n) is 9.41. The molecule has 0 aliphatic rings. The van der Waals surface area contributed by atoms with Gasteiger partial charge < -0.3 is 10.2 Å². The van der Waals surface area contributed by atoms with Gasteiger partial charge in [0, 0.05) is 25.8 Å². The molecule has 1 heterocycles. The van der Waals surface area contributed by atoms with Gasteiger partial charge >= 0.3 is 0 Å². The molecule has 1 N–H and O–H groups in total. The highest BCUT2D eigenvalue weighted by Crippen LogP contribution is 2.11. The van der Waals surface area contributed by atoms with Crippen molar-refractivity contribution in [3.05, 3.63) is 23.9 Å². The molecule has 0 bridgehead atoms. The van der Waals surface area contributed by atoms with Gasteiger partial charge in [-0.3, -0.25) is 0 Å². The van der Waals surface area contributed by atoms with Crippen molar-refractivity contribution in [2.45, 2.75) is 26.4 Å². The van der Waals surface area contributed by atoms with Crippen LogP contribution in [0.25, 0.3) is 0 Å². The number of anilines is 1. The van der Waals surface area contributed by atoms with Gasteiger partial charge in [0.15, 0.2) is 0 Å². The molecule has 78 valence electrons. The zero-order valence-corrected chi connectivity index (χ0v) is 9.41. The average molecular weight is 193 g/mol. The minimum absolute atomic E-state index is 0.484. The Bertz CT molecular complexity index is 266. The average Bonchev–Trinajstić information content (AvgIpc) is 2.18. The van der Waals surface area contributed by atoms with E-state index in [-0.39, 0.29) is 0 Å². The molecule has 14 heavy (non-hydrogen) atoms. The summed E-state index contributed by atoms with van der Waals surface area (Å²) in [6, 6.07) is 4.65. The summed E-state index contributed by atoms with van der Waals surface area (Å²) in [6.45, 7) is 5.19. The van der Waals surface area contributed by atoms with Gasteiger partial charge in [-0.1, -0.05) is 6.07 Å². The summed E-state index contributed by atoms with van der Waals surface area (Å²) in [5.74, 6) is 1.03. The molecule has 1 aromatic rings. The molecule has 0 unspecified atom stereocenters. The van der Waals surface area contributed by atoms with E-state index < -0.39 is 0 Å². The summed E-state index contributed by atoms with van der Waals surface area (Å²) in [4.78, 5) is 6.56. The maximum atomic E-state index is 4.40. The van der Waals surface area contributed by atoms with E-state index in [2.05, 4.69) is 48.2 Å². The van der Waals surface area contributed by atoms with Crippen LogP contribution in [0.2, 0.25) is 0 Å². The van der Waals surface area contributed by atoms with Crippen molar-refractivity contribution >= 4 is 5.82 Å². The molecule has 0 fully saturated rings. The van der Waals surface area contributed by atoms with Crippen molar-refractivity contribution in [3.8, 4) is 0 Å². The molecule has 0 aromatic carbocycles. The molecule has 1 aromatic heterocycles. The predicted molar refractivity (Wildman–Crippen MR) is 60.5 cm³/mol. The highest BCUT2D eigenvalue weighted by atomic mass is 15.2. The predicted octanol–water partition coefficient (Wildman–Crippen LogP) is 1.65. The molecule has 0 radical (unpaired) electrons. The van der Waals surface area contributed by atoms with E-state index in [1.807, 2.05) is 13.2 Å². The number of rotatable bonds is 4. The van der Waals surface area contributed by atoms with Crippen LogP contribution in [0, 0.1) is 0 Å². The number of pyridine rings is 1. The number of aromatic nitrogens is 1. The Morgan fingerprint density at radius 3 is 2.57 bits per heavy atom. The number of hydrogen-bond donors (Lipinski definition) is 1. The normalized spacial score (nSPS) is 10.6. The number of nitrogens with zero attached hydrogens (tertiary/aromatic N) is 2. The highest BCUT2D eigenvalue weighted by Gasteiger charge is 2.05. The first-order chi connectivity index (χ1) is 6.65. The molecule has 0 aliphatic heterocycles. The third-order valence-electron chi connectivity index (χ3n) is 2.33. The van der Waals surface area contributed by atoms with Crippen LogP contribution in [0.4, 0.5) is 5.82 Å². The van der Waals surface area contributed by atoms with Gasteiger partial charge in [-0.15, -0.1) is 0 Å². The first-order valence-corrected chi connectivity index (χ1v) is 4.97. The first-order valence-electron chi connectivity index (χ1n) is 4.97. The van der Waals surface area contributed by atoms with Crippen molar-refractivity contribution in [2.24, 2.45) is 0 Å². The Balaban J connectivity index is 2.72. The van der Waals surface area contributed by atoms with Gasteiger partial charge in [-0.2, -0.15) is 0 Å². The Labute approximate surface area is 86.2 Å². The SMILES string of the molecule is CNCc1ccc(N(C)C(C)C)nc1. The van der Waals surface area contributed by atoms with Crippen LogP contribution < -0.4 is 10.2 Å². The fourth-order valence-electron chi connectivity index (χ4n) is 1.20. The number of nitrogens with one attached hydrogen (secondary N) is 1. The smallest absolute Gasteiger partial charge is 0.128 e. The maximum Gasteiger partial charge on any atom is 0.128 e. The van der Waals surface area contributed by atoms with E-state index in [1.54, 1.807) is 0 Å². The molecule has 0 spiro atoms. The van der Waals surface area contributed by atoms with E-state index in [4.69, 9.17) is 0 Å². The Morgan fingerprint density at radius 1 is 1.43 bits per heavy atom. The lowest BCUT2D eigenvalue weighted by Gasteiger charge is -2.22. The topological polar surface area (TPSA) is 28.2 Å². The third kappa shape index (κ3) is 2.70. The van der Waals surface area contributed by atoms with Gasteiger partial charge in [-0.25, -0.2) is 4.98 Å². The van der Waals surface area contributed by atoms with Gasteiger partial charge in [0.05, 0.1) is 0 Å². The van der Waals surface area contributed by atoms with Crippen LogP contribution in [0.3, 0.4) is 0 Å². The van der Waals surface area contributed by atoms with Crippen LogP contribution in [-0.2, 0) is 6.54 Å². The fourth-order valence-corrected chi connectivity index (χ4v) is 1.20. The molecule has 0 atom stereocenters. The van der Waals surface area contributed by atoms with Crippen LogP contribution in [-0.4, -0.2) is 25.1 Å². The lowest BCUT2D eigenvalue weighted by atomic mass is 10.2. The van der Waals surface area contributed by atoms with Crippen molar-refractivity contribution in [1.82, 2.24) is 10.3 Å². The van der Waals surface area contributed by atoms with Crippen molar-refractivity contribution in [1.29, 1.82) is 0 Å². The van der Waals surface area contributed by atoms with Crippen LogP contribution >= 0.6 is 0 Å². The van der Waals surface area contributed by atoms with E-state index in [1.165, 1.54) is 5.56 Å². The second kappa shape index (κ2) is 4.96. The van der Waals surface area contributed by atoms with Gasteiger partial charge in [-0.05, 0) is 32.5 Å². The fraction of sp³-hybridized carbons (Fsp3) is 0.545. The molecule has 0 saturated heterocycles. The first kappa shape index (κ1) is 11.0. The minimum atomic E-state index is 0.484. The maximum absolute atomic E-state index is 4.40. The van der Waals surface area contributed by atoms with Crippen LogP contribution in [0.5, 0.6) is 0 Å². The summed E-state index contributed by atoms with van der Waals surface area (Å²) in [5.41, 5.74) is 1.22. The third-order valence-corrected chi connectivity index (χ3v) is 2.33. The zero-order chi connectivity index (χ0) is 10.6. The van der Waals surface area contributed by atoms with Crippen molar-refractivity contribution < 1.29 is 0 Å². The quantitative estimate of drug-likeness (QED) is 0.788. The Hall–Kier alpha value is -1.09. The summed E-state index contributed by atoms with van der Waals surface area (Å²) in [6.07, 6.45) is 1.92. The Kier molecular flexibility index (Phi) is 3.89. The van der Waals surface area contributed by atoms with Gasteiger partial charge in [0.1, 0.15) is 5.82 Å². The Morgan fingerprint density at radius 2 is 2.14 bits per heavy atom. The molecule has 0 amide bonds. The summed E-state index contributed by atoms with van der Waals surface area (Å²) >= 11 is 0. The number of hydrogen-bond acceptors (Lipinski definition) is 3. The molecular formula is C11H19N3. The van der Waals surface area contributed by atoms with Gasteiger partial charge in [0.2, 0.25) is 0 Å². The summed E-state index contributed by atoms with van der Waals surface area (Å²) in [7, 11) is 4.00. The summed E-state index contributed by atoms with van der Waals surface area (Å²) in [5, 5.41) is 3.10. The molecule has 3 heteroatoms. The van der Waals surface area contributed by atoms with Crippen molar-refractivity contribution in [2.75, 3.05) is 19.0 Å². The minimum Gasteiger partial charge on any atom is -0.357 e. The second-order valence-corrected chi connectivity index (χ2v) is 3.76. The largest absolute Gasteiger partial charge is 0.357 e. The lowest BCUT2D eigenvalue weighted by Crippen LogP contribution is -2.26. The molecule has 1 rings (SSSR count). The van der Waals surface area contributed by atoms with E-state index in [0.29, 0.717) is 6.04 Å². The molecule has 3 nitrogen and oxygen atoms in total.